The highest BCUT2D eigenvalue weighted by molar-refractivity contribution is 7.98. The number of primary amides is 1. The summed E-state index contributed by atoms with van der Waals surface area (Å²) in [6, 6.07) is 10.8. The van der Waals surface area contributed by atoms with Gasteiger partial charge in [-0.2, -0.15) is 11.8 Å². The highest BCUT2D eigenvalue weighted by atomic mass is 35.5. The van der Waals surface area contributed by atoms with Gasteiger partial charge in [-0.1, -0.05) is 23.7 Å². The first-order valence-corrected chi connectivity index (χ1v) is 10.4. The Labute approximate surface area is 173 Å². The van der Waals surface area contributed by atoms with Crippen LogP contribution in [0.2, 0.25) is 5.02 Å². The maximum atomic E-state index is 12.7. The zero-order chi connectivity index (χ0) is 20.7. The number of hydrogen-bond donors (Lipinski definition) is 3. The smallest absolute Gasteiger partial charge is 0.253 e. The van der Waals surface area contributed by atoms with Crippen molar-refractivity contribution in [1.82, 2.24) is 5.32 Å². The second-order valence-electron chi connectivity index (χ2n) is 6.17. The molecule has 2 aromatic rings. The molecule has 2 rings (SSSR count). The number of halogens is 1. The number of thioether (sulfide) groups is 1. The SMILES string of the molecule is CSCCC(NC(=O)c1ccccc1Cl)C(=O)Nc1ccc(C(N)=O)c(C)c1. The van der Waals surface area contributed by atoms with Crippen molar-refractivity contribution in [3.05, 3.63) is 64.2 Å². The van der Waals surface area contributed by atoms with Crippen molar-refractivity contribution in [2.75, 3.05) is 17.3 Å². The van der Waals surface area contributed by atoms with Crippen molar-refractivity contribution in [3.63, 3.8) is 0 Å². The van der Waals surface area contributed by atoms with E-state index in [-0.39, 0.29) is 5.91 Å². The molecule has 0 aliphatic carbocycles. The van der Waals surface area contributed by atoms with Crippen molar-refractivity contribution in [1.29, 1.82) is 0 Å². The lowest BCUT2D eigenvalue weighted by Crippen LogP contribution is -2.44. The van der Waals surface area contributed by atoms with Crippen molar-refractivity contribution in [3.8, 4) is 0 Å². The van der Waals surface area contributed by atoms with Gasteiger partial charge in [0.2, 0.25) is 11.8 Å². The van der Waals surface area contributed by atoms with E-state index in [9.17, 15) is 14.4 Å². The quantitative estimate of drug-likeness (QED) is 0.611. The van der Waals surface area contributed by atoms with Gasteiger partial charge in [-0.3, -0.25) is 14.4 Å². The monoisotopic (exact) mass is 419 g/mol. The van der Waals surface area contributed by atoms with E-state index in [1.54, 1.807) is 61.2 Å². The molecule has 0 heterocycles. The summed E-state index contributed by atoms with van der Waals surface area (Å²) in [7, 11) is 0. The van der Waals surface area contributed by atoms with Crippen LogP contribution in [0.1, 0.15) is 32.7 Å². The number of benzene rings is 2. The first-order chi connectivity index (χ1) is 13.3. The number of carbonyl (C=O) groups excluding carboxylic acids is 3. The Hall–Kier alpha value is -2.51. The van der Waals surface area contributed by atoms with Crippen molar-refractivity contribution in [2.45, 2.75) is 19.4 Å². The fourth-order valence-corrected chi connectivity index (χ4v) is 3.33. The summed E-state index contributed by atoms with van der Waals surface area (Å²) in [5.74, 6) is -0.589. The summed E-state index contributed by atoms with van der Waals surface area (Å²) in [6.07, 6.45) is 2.39. The number of nitrogens with two attached hydrogens (primary N) is 1. The largest absolute Gasteiger partial charge is 0.366 e. The maximum Gasteiger partial charge on any atom is 0.253 e. The van der Waals surface area contributed by atoms with Crippen LogP contribution in [0.15, 0.2) is 42.5 Å². The minimum Gasteiger partial charge on any atom is -0.366 e. The molecule has 0 fully saturated rings. The standard InChI is InChI=1S/C20H22ClN3O3S/c1-12-11-13(7-8-14(12)18(22)25)23-20(27)17(9-10-28-2)24-19(26)15-5-3-4-6-16(15)21/h3-8,11,17H,9-10H2,1-2H3,(H2,22,25)(H,23,27)(H,24,26). The van der Waals surface area contributed by atoms with Gasteiger partial charge in [0, 0.05) is 11.3 Å². The molecule has 148 valence electrons. The lowest BCUT2D eigenvalue weighted by molar-refractivity contribution is -0.118. The fraction of sp³-hybridized carbons (Fsp3) is 0.250. The molecular formula is C20H22ClN3O3S. The van der Waals surface area contributed by atoms with Crippen LogP contribution in [0.5, 0.6) is 0 Å². The second kappa shape index (κ2) is 10.1. The minimum absolute atomic E-state index is 0.313. The average Bonchev–Trinajstić information content (AvgIpc) is 2.65. The Balaban J connectivity index is 2.14. The summed E-state index contributed by atoms with van der Waals surface area (Å²) in [5.41, 5.74) is 7.19. The summed E-state index contributed by atoms with van der Waals surface area (Å²) < 4.78 is 0. The van der Waals surface area contributed by atoms with Crippen molar-refractivity contribution in [2.24, 2.45) is 5.73 Å². The number of rotatable bonds is 8. The van der Waals surface area contributed by atoms with E-state index < -0.39 is 17.9 Å². The maximum absolute atomic E-state index is 12.7. The van der Waals surface area contributed by atoms with Crippen LogP contribution in [0.3, 0.4) is 0 Å². The lowest BCUT2D eigenvalue weighted by atomic mass is 10.1. The highest BCUT2D eigenvalue weighted by Gasteiger charge is 2.22. The Morgan fingerprint density at radius 1 is 1.14 bits per heavy atom. The molecule has 6 nitrogen and oxygen atoms in total. The number of anilines is 1. The summed E-state index contributed by atoms with van der Waals surface area (Å²) in [4.78, 5) is 36.6. The fourth-order valence-electron chi connectivity index (χ4n) is 2.63. The number of nitrogens with one attached hydrogen (secondary N) is 2. The van der Waals surface area contributed by atoms with E-state index in [1.165, 1.54) is 0 Å². The second-order valence-corrected chi connectivity index (χ2v) is 7.56. The van der Waals surface area contributed by atoms with Gasteiger partial charge in [0.05, 0.1) is 10.6 Å². The molecule has 8 heteroatoms. The van der Waals surface area contributed by atoms with Crippen LogP contribution in [-0.4, -0.2) is 35.8 Å². The summed E-state index contributed by atoms with van der Waals surface area (Å²) in [6.45, 7) is 1.74. The number of hydrogen-bond acceptors (Lipinski definition) is 4. The van der Waals surface area contributed by atoms with E-state index >= 15 is 0 Å². The molecule has 1 unspecified atom stereocenters. The van der Waals surface area contributed by atoms with E-state index in [4.69, 9.17) is 17.3 Å². The molecule has 0 aliphatic rings. The molecule has 4 N–H and O–H groups in total. The molecule has 1 atom stereocenters. The van der Waals surface area contributed by atoms with Gasteiger partial charge >= 0.3 is 0 Å². The van der Waals surface area contributed by atoms with Crippen LogP contribution in [0.25, 0.3) is 0 Å². The van der Waals surface area contributed by atoms with E-state index in [0.29, 0.717) is 39.6 Å². The zero-order valence-corrected chi connectivity index (χ0v) is 17.2. The van der Waals surface area contributed by atoms with Crippen LogP contribution < -0.4 is 16.4 Å². The molecule has 0 spiro atoms. The van der Waals surface area contributed by atoms with E-state index in [0.717, 1.165) is 0 Å². The third-order valence-electron chi connectivity index (χ3n) is 4.11. The molecular weight excluding hydrogens is 398 g/mol. The third-order valence-corrected chi connectivity index (χ3v) is 5.08. The Morgan fingerprint density at radius 2 is 1.86 bits per heavy atom. The van der Waals surface area contributed by atoms with E-state index in [1.807, 2.05) is 6.26 Å². The van der Waals surface area contributed by atoms with Gasteiger partial charge in [-0.15, -0.1) is 0 Å². The predicted molar refractivity (Wildman–Crippen MR) is 114 cm³/mol. The molecule has 0 aromatic heterocycles. The Morgan fingerprint density at radius 3 is 2.46 bits per heavy atom. The number of carbonyl (C=O) groups is 3. The molecule has 2 aromatic carbocycles. The van der Waals surface area contributed by atoms with Gasteiger partial charge in [0.15, 0.2) is 0 Å². The van der Waals surface area contributed by atoms with E-state index in [2.05, 4.69) is 10.6 Å². The molecule has 0 saturated heterocycles. The summed E-state index contributed by atoms with van der Waals surface area (Å²) in [5, 5.41) is 5.85. The molecule has 0 aliphatic heterocycles. The first-order valence-electron chi connectivity index (χ1n) is 8.59. The van der Waals surface area contributed by atoms with Crippen molar-refractivity contribution >= 4 is 46.8 Å². The van der Waals surface area contributed by atoms with Gasteiger partial charge in [-0.05, 0) is 61.2 Å². The minimum atomic E-state index is -0.729. The molecule has 28 heavy (non-hydrogen) atoms. The van der Waals surface area contributed by atoms with Gasteiger partial charge in [0.1, 0.15) is 6.04 Å². The lowest BCUT2D eigenvalue weighted by Gasteiger charge is -2.19. The summed E-state index contributed by atoms with van der Waals surface area (Å²) >= 11 is 7.65. The Bertz CT molecular complexity index is 889. The highest BCUT2D eigenvalue weighted by Crippen LogP contribution is 2.17. The zero-order valence-electron chi connectivity index (χ0n) is 15.6. The van der Waals surface area contributed by atoms with Crippen LogP contribution in [-0.2, 0) is 4.79 Å². The third kappa shape index (κ3) is 5.74. The molecule has 3 amide bonds. The normalized spacial score (nSPS) is 11.5. The van der Waals surface area contributed by atoms with Gasteiger partial charge in [0.25, 0.3) is 5.91 Å². The van der Waals surface area contributed by atoms with Gasteiger partial charge in [-0.25, -0.2) is 0 Å². The molecule has 0 radical (unpaired) electrons. The molecule has 0 bridgehead atoms. The topological polar surface area (TPSA) is 101 Å². The Kier molecular flexibility index (Phi) is 7.90. The number of amides is 3. The predicted octanol–water partition coefficient (Wildman–Crippen LogP) is 3.24. The molecule has 0 saturated carbocycles. The first kappa shape index (κ1) is 21.8. The van der Waals surface area contributed by atoms with Crippen LogP contribution in [0, 0.1) is 6.92 Å². The van der Waals surface area contributed by atoms with Gasteiger partial charge < -0.3 is 16.4 Å². The number of aryl methyl sites for hydroxylation is 1. The van der Waals surface area contributed by atoms with Crippen molar-refractivity contribution < 1.29 is 14.4 Å². The average molecular weight is 420 g/mol. The van der Waals surface area contributed by atoms with Crippen LogP contribution >= 0.6 is 23.4 Å². The van der Waals surface area contributed by atoms with Crippen LogP contribution in [0.4, 0.5) is 5.69 Å².